The molecule has 0 amide bonds. The van der Waals surface area contributed by atoms with E-state index in [2.05, 4.69) is 0 Å². The molecule has 1 aromatic rings. The predicted molar refractivity (Wildman–Crippen MR) is 90.3 cm³/mol. The maximum atomic E-state index is 5.28. The van der Waals surface area contributed by atoms with Crippen molar-refractivity contribution in [3.05, 3.63) is 35.9 Å². The average molecular weight is 499 g/mol. The van der Waals surface area contributed by atoms with Crippen LogP contribution in [0.5, 0.6) is 0 Å². The Hall–Kier alpha value is 1.25. The van der Waals surface area contributed by atoms with Gasteiger partial charge in [-0.15, -0.1) is 0 Å². The Morgan fingerprint density at radius 1 is 1.00 bits per heavy atom. The van der Waals surface area contributed by atoms with Crippen LogP contribution < -0.4 is 0 Å². The van der Waals surface area contributed by atoms with Crippen molar-refractivity contribution in [2.75, 3.05) is 14.1 Å². The van der Waals surface area contributed by atoms with Crippen LogP contribution in [0, 0.1) is 0 Å². The van der Waals surface area contributed by atoms with Gasteiger partial charge in [0.05, 0.1) is 0 Å². The first-order valence-corrected chi connectivity index (χ1v) is 24.4. The quantitative estimate of drug-likeness (QED) is 0.240. The van der Waals surface area contributed by atoms with E-state index in [1.54, 1.807) is 6.40 Å². The Morgan fingerprint density at radius 3 is 1.79 bits per heavy atom. The summed E-state index contributed by atoms with van der Waals surface area (Å²) in [5.74, 6) is 0. The van der Waals surface area contributed by atoms with Crippen LogP contribution in [0.15, 0.2) is 30.3 Å². The molecule has 0 fully saturated rings. The first kappa shape index (κ1) is 20.2. The number of nitrogens with zero attached hydrogens (tertiary/aromatic N) is 1. The number of halogens is 6. The third-order valence-electron chi connectivity index (χ3n) is 1.38. The maximum absolute atomic E-state index is 5.42. The van der Waals surface area contributed by atoms with Crippen LogP contribution in [-0.4, -0.2) is 34.2 Å². The van der Waals surface area contributed by atoms with E-state index in [0.29, 0.717) is 6.61 Å². The molecule has 19 heavy (non-hydrogen) atoms. The van der Waals surface area contributed by atoms with Crippen molar-refractivity contribution in [2.24, 2.45) is 0 Å². The monoisotopic (exact) mass is 495 g/mol. The van der Waals surface area contributed by atoms with Gasteiger partial charge < -0.3 is 4.74 Å². The summed E-state index contributed by atoms with van der Waals surface area (Å²) in [4.78, 5) is 0. The summed E-state index contributed by atoms with van der Waals surface area (Å²) in [5, 5.41) is 0. The second-order valence-corrected chi connectivity index (χ2v) is 60.7. The van der Waals surface area contributed by atoms with Gasteiger partial charge in [-0.05, 0) is 5.56 Å². The number of rotatable bonds is 3. The van der Waals surface area contributed by atoms with Gasteiger partial charge in [-0.1, -0.05) is 30.3 Å². The normalized spacial score (nSPS) is 14.3. The number of hydrogen-bond donors (Lipinski definition) is 0. The molecule has 0 heterocycles. The molecule has 0 aromatic heterocycles. The standard InChI is InChI=1S/C10H14NO.6ClH.Sb/c1-11(2)9-12-8-10-6-4-3-5-7-10;;;;;;;/h3-7,9H,8H2,1-2H3;6*1H;/q+1;;;;;;;+5/p-6. The van der Waals surface area contributed by atoms with E-state index in [1.165, 1.54) is 5.56 Å². The van der Waals surface area contributed by atoms with E-state index in [1.807, 2.05) is 49.0 Å². The molecule has 0 saturated carbocycles. The molecule has 112 valence electrons. The van der Waals surface area contributed by atoms with E-state index in [-0.39, 0.29) is 0 Å². The van der Waals surface area contributed by atoms with Gasteiger partial charge in [-0.2, -0.15) is 0 Å². The van der Waals surface area contributed by atoms with Crippen molar-refractivity contribution >= 4 is 68.5 Å². The Labute approximate surface area is 133 Å². The summed E-state index contributed by atoms with van der Waals surface area (Å²) in [6.45, 7) is 0.638. The zero-order valence-corrected chi connectivity index (χ0v) is 17.3. The van der Waals surface area contributed by atoms with Gasteiger partial charge in [-0.3, -0.25) is 0 Å². The third-order valence-corrected chi connectivity index (χ3v) is 1.38. The van der Waals surface area contributed by atoms with Crippen molar-refractivity contribution in [3.8, 4) is 0 Å². The van der Waals surface area contributed by atoms with Crippen LogP contribution in [0.3, 0.4) is 0 Å². The van der Waals surface area contributed by atoms with Crippen LogP contribution in [0.2, 0.25) is 0 Å². The fourth-order valence-corrected chi connectivity index (χ4v) is 0.857. The molecule has 0 spiro atoms. The first-order valence-electron chi connectivity index (χ1n) is 4.96. The van der Waals surface area contributed by atoms with Gasteiger partial charge >= 0.3 is 68.5 Å². The summed E-state index contributed by atoms with van der Waals surface area (Å²) in [6, 6.07) is 10.1. The minimum atomic E-state index is -5.42. The molecule has 0 N–H and O–H groups in total. The Morgan fingerprint density at radius 2 is 1.42 bits per heavy atom. The van der Waals surface area contributed by atoms with Gasteiger partial charge in [0.15, 0.2) is 0 Å². The van der Waals surface area contributed by atoms with Crippen molar-refractivity contribution in [1.29, 1.82) is 0 Å². The zero-order valence-electron chi connectivity index (χ0n) is 10.2. The molecule has 9 heteroatoms. The van der Waals surface area contributed by atoms with Crippen LogP contribution in [0.1, 0.15) is 5.56 Å². The summed E-state index contributed by atoms with van der Waals surface area (Å²) in [6.07, 6.45) is 1.70. The summed E-state index contributed by atoms with van der Waals surface area (Å²) < 4.78 is 7.16. The molecule has 0 aliphatic carbocycles. The molecule has 2 nitrogen and oxygen atoms in total. The van der Waals surface area contributed by atoms with Gasteiger partial charge in [0, 0.05) is 0 Å². The second kappa shape index (κ2) is 7.01. The fraction of sp³-hybridized carbons (Fsp3) is 0.300. The Bertz CT molecular complexity index is 412. The molecule has 0 saturated heterocycles. The predicted octanol–water partition coefficient (Wildman–Crippen LogP) is 5.26. The molecule has 0 aliphatic heterocycles. The van der Waals surface area contributed by atoms with Crippen LogP contribution in [0.4, 0.5) is 0 Å². The topological polar surface area (TPSA) is 12.2 Å². The number of ether oxygens (including phenoxy) is 1. The van der Waals surface area contributed by atoms with E-state index in [4.69, 9.17) is 57.7 Å². The van der Waals surface area contributed by atoms with Gasteiger partial charge in [0.2, 0.25) is 0 Å². The molecule has 1 aromatic carbocycles. The van der Waals surface area contributed by atoms with E-state index in [9.17, 15) is 0 Å². The SMILES string of the molecule is C[N+](C)=COCc1ccccc1.[Cl][Sb-]([Cl])([Cl])([Cl])([Cl])[Cl]. The minimum absolute atomic E-state index is 0.638. The van der Waals surface area contributed by atoms with Crippen molar-refractivity contribution < 1.29 is 9.31 Å². The molecule has 1 rings (SSSR count). The van der Waals surface area contributed by atoms with E-state index < -0.39 is 9.14 Å². The van der Waals surface area contributed by atoms with E-state index >= 15 is 0 Å². The third kappa shape index (κ3) is 24.6. The van der Waals surface area contributed by atoms with Crippen molar-refractivity contribution in [2.45, 2.75) is 6.61 Å². The van der Waals surface area contributed by atoms with Gasteiger partial charge in [0.1, 0.15) is 20.7 Å². The van der Waals surface area contributed by atoms with Gasteiger partial charge in [0.25, 0.3) is 0 Å². The molecule has 0 radical (unpaired) electrons. The summed E-state index contributed by atoms with van der Waals surface area (Å²) in [5.41, 5.74) is 1.19. The summed E-state index contributed by atoms with van der Waals surface area (Å²) in [7, 11) is 28.8. The molecule has 0 aliphatic rings. The molecule has 0 atom stereocenters. The zero-order chi connectivity index (χ0) is 15.2. The molecule has 0 unspecified atom stereocenters. The van der Waals surface area contributed by atoms with Crippen LogP contribution in [0.25, 0.3) is 0 Å². The fourth-order valence-electron chi connectivity index (χ4n) is 0.857. The molecular formula is C10H14Cl6NOSb. The Balaban J connectivity index is 0.000000399. The van der Waals surface area contributed by atoms with Gasteiger partial charge in [-0.25, -0.2) is 4.58 Å². The molecule has 0 bridgehead atoms. The van der Waals surface area contributed by atoms with Crippen LogP contribution in [-0.2, 0) is 11.3 Å². The number of benzene rings is 1. The van der Waals surface area contributed by atoms with E-state index in [0.717, 1.165) is 0 Å². The number of hydrogen-bond acceptors (Lipinski definition) is 1. The Kier molecular flexibility index (Phi) is 7.47. The molecular weight excluding hydrogens is 485 g/mol. The second-order valence-electron chi connectivity index (χ2n) is 3.82. The summed E-state index contributed by atoms with van der Waals surface area (Å²) >= 11 is 0. The first-order chi connectivity index (χ1) is 8.24. The van der Waals surface area contributed by atoms with Crippen LogP contribution >= 0.6 is 53.0 Å². The van der Waals surface area contributed by atoms with Crippen molar-refractivity contribution in [3.63, 3.8) is 0 Å². The van der Waals surface area contributed by atoms with Crippen molar-refractivity contribution in [1.82, 2.24) is 0 Å². The average Bonchev–Trinajstić information content (AvgIpc) is 2.13.